The molecule has 0 aliphatic heterocycles. The second kappa shape index (κ2) is 8.96. The van der Waals surface area contributed by atoms with Crippen molar-refractivity contribution >= 4 is 22.7 Å². The largest absolute Gasteiger partial charge is 0.508 e. The van der Waals surface area contributed by atoms with Crippen LogP contribution < -0.4 is 0 Å². The van der Waals surface area contributed by atoms with Gasteiger partial charge in [0.2, 0.25) is 5.78 Å². The molecule has 29 heavy (non-hydrogen) atoms. The first-order valence-corrected chi connectivity index (χ1v) is 9.44. The number of esters is 1. The summed E-state index contributed by atoms with van der Waals surface area (Å²) in [7, 11) is 1.66. The number of furan rings is 1. The van der Waals surface area contributed by atoms with E-state index in [1.54, 1.807) is 13.2 Å². The Morgan fingerprint density at radius 2 is 2.00 bits per heavy atom. The second-order valence-electron chi connectivity index (χ2n) is 6.98. The third-order valence-corrected chi connectivity index (χ3v) is 4.94. The predicted octanol–water partition coefficient (Wildman–Crippen LogP) is 3.56. The van der Waals surface area contributed by atoms with Crippen LogP contribution in [0.2, 0.25) is 0 Å². The van der Waals surface area contributed by atoms with Gasteiger partial charge in [-0.1, -0.05) is 0 Å². The van der Waals surface area contributed by atoms with Crippen LogP contribution in [0.3, 0.4) is 0 Å². The van der Waals surface area contributed by atoms with Crippen LogP contribution >= 0.6 is 0 Å². The van der Waals surface area contributed by atoms with E-state index in [9.17, 15) is 14.7 Å². The van der Waals surface area contributed by atoms with Crippen molar-refractivity contribution in [2.75, 3.05) is 20.3 Å². The fourth-order valence-electron chi connectivity index (χ4n) is 3.43. The lowest BCUT2D eigenvalue weighted by Crippen LogP contribution is -2.16. The van der Waals surface area contributed by atoms with Crippen LogP contribution in [0.15, 0.2) is 34.9 Å². The average Bonchev–Trinajstić information content (AvgIpc) is 3.21. The molecule has 2 aromatic heterocycles. The number of benzene rings is 1. The maximum Gasteiger partial charge on any atom is 0.310 e. The highest BCUT2D eigenvalue weighted by Crippen LogP contribution is 2.25. The van der Waals surface area contributed by atoms with E-state index in [1.165, 1.54) is 18.4 Å². The monoisotopic (exact) mass is 399 g/mol. The molecule has 7 nitrogen and oxygen atoms in total. The zero-order valence-electron chi connectivity index (χ0n) is 16.9. The van der Waals surface area contributed by atoms with Gasteiger partial charge >= 0.3 is 5.97 Å². The number of ketones is 1. The Bertz CT molecular complexity index is 1030. The highest BCUT2D eigenvalue weighted by molar-refractivity contribution is 5.99. The van der Waals surface area contributed by atoms with Crippen molar-refractivity contribution in [1.82, 2.24) is 4.57 Å². The fourth-order valence-corrected chi connectivity index (χ4v) is 3.43. The van der Waals surface area contributed by atoms with E-state index in [-0.39, 0.29) is 24.6 Å². The molecule has 0 unspecified atom stereocenters. The summed E-state index contributed by atoms with van der Waals surface area (Å²) in [6.45, 7) is 4.95. The maximum atomic E-state index is 12.6. The first-order chi connectivity index (χ1) is 13.9. The van der Waals surface area contributed by atoms with E-state index >= 15 is 0 Å². The van der Waals surface area contributed by atoms with E-state index in [0.29, 0.717) is 23.3 Å². The number of hydrogen-bond acceptors (Lipinski definition) is 6. The highest BCUT2D eigenvalue weighted by Gasteiger charge is 2.18. The van der Waals surface area contributed by atoms with Crippen LogP contribution in [-0.2, 0) is 27.2 Å². The third kappa shape index (κ3) is 4.68. The van der Waals surface area contributed by atoms with Gasteiger partial charge in [0, 0.05) is 54.2 Å². The van der Waals surface area contributed by atoms with Gasteiger partial charge in [0.15, 0.2) is 6.61 Å². The Morgan fingerprint density at radius 1 is 1.21 bits per heavy atom. The van der Waals surface area contributed by atoms with E-state index in [0.717, 1.165) is 29.7 Å². The first-order valence-electron chi connectivity index (χ1n) is 9.44. The van der Waals surface area contributed by atoms with Gasteiger partial charge in [0.25, 0.3) is 0 Å². The summed E-state index contributed by atoms with van der Waals surface area (Å²) in [4.78, 5) is 24.8. The lowest BCUT2D eigenvalue weighted by atomic mass is 10.1. The number of aryl methyl sites for hydroxylation is 1. The number of carbonyl (C=O) groups is 2. The molecule has 3 aromatic rings. The molecule has 1 N–H and O–H groups in total. The van der Waals surface area contributed by atoms with E-state index in [4.69, 9.17) is 13.9 Å². The zero-order chi connectivity index (χ0) is 21.0. The van der Waals surface area contributed by atoms with Crippen LogP contribution in [0.4, 0.5) is 0 Å². The van der Waals surface area contributed by atoms with Crippen LogP contribution in [0.1, 0.15) is 33.7 Å². The summed E-state index contributed by atoms with van der Waals surface area (Å²) >= 11 is 0. The van der Waals surface area contributed by atoms with Gasteiger partial charge in [0.1, 0.15) is 11.3 Å². The average molecular weight is 399 g/mol. The van der Waals surface area contributed by atoms with Gasteiger partial charge in [0.05, 0.1) is 12.7 Å². The minimum absolute atomic E-state index is 0.0128. The van der Waals surface area contributed by atoms with Crippen molar-refractivity contribution in [3.63, 3.8) is 0 Å². The molecule has 154 valence electrons. The molecule has 0 aliphatic rings. The SMILES string of the molecule is COCCCn1c(C)cc(C(=O)COC(=O)Cc2coc3cc(O)ccc23)c1C. The lowest BCUT2D eigenvalue weighted by Gasteiger charge is -2.09. The minimum atomic E-state index is -0.511. The Balaban J connectivity index is 1.60. The molecule has 7 heteroatoms. The molecule has 0 fully saturated rings. The number of rotatable bonds is 9. The van der Waals surface area contributed by atoms with E-state index < -0.39 is 5.97 Å². The second-order valence-corrected chi connectivity index (χ2v) is 6.98. The highest BCUT2D eigenvalue weighted by atomic mass is 16.5. The molecule has 0 spiro atoms. The van der Waals surface area contributed by atoms with Gasteiger partial charge in [-0.2, -0.15) is 0 Å². The number of phenolic OH excluding ortho intramolecular Hbond substituents is 1. The molecule has 0 bridgehead atoms. The fraction of sp³-hybridized carbons (Fsp3) is 0.364. The number of aromatic hydroxyl groups is 1. The van der Waals surface area contributed by atoms with E-state index in [1.807, 2.05) is 19.9 Å². The van der Waals surface area contributed by atoms with Gasteiger partial charge in [-0.15, -0.1) is 0 Å². The van der Waals surface area contributed by atoms with Gasteiger partial charge in [-0.05, 0) is 38.5 Å². The number of fused-ring (bicyclic) bond motifs is 1. The van der Waals surface area contributed by atoms with Crippen molar-refractivity contribution in [3.8, 4) is 5.75 Å². The normalized spacial score (nSPS) is 11.1. The summed E-state index contributed by atoms with van der Waals surface area (Å²) in [6.07, 6.45) is 2.30. The molecule has 0 amide bonds. The lowest BCUT2D eigenvalue weighted by molar-refractivity contribution is -0.141. The molecule has 1 aromatic carbocycles. The number of Topliss-reactive ketones (excluding diaryl/α,β-unsaturated/α-hetero) is 1. The summed E-state index contributed by atoms with van der Waals surface area (Å²) in [6, 6.07) is 6.52. The molecule has 0 radical (unpaired) electrons. The molecule has 0 aliphatic carbocycles. The number of ether oxygens (including phenoxy) is 2. The minimum Gasteiger partial charge on any atom is -0.508 e. The molecule has 3 rings (SSSR count). The Kier molecular flexibility index (Phi) is 6.39. The molecule has 0 saturated heterocycles. The van der Waals surface area contributed by atoms with Crippen molar-refractivity contribution in [3.05, 3.63) is 53.0 Å². The summed E-state index contributed by atoms with van der Waals surface area (Å²) < 4.78 is 17.7. The molecule has 0 atom stereocenters. The van der Waals surface area contributed by atoms with Crippen LogP contribution in [0.25, 0.3) is 11.0 Å². The number of nitrogens with zero attached hydrogens (tertiary/aromatic N) is 1. The third-order valence-electron chi connectivity index (χ3n) is 4.94. The maximum absolute atomic E-state index is 12.6. The number of hydrogen-bond donors (Lipinski definition) is 1. The van der Waals surface area contributed by atoms with Crippen molar-refractivity contribution in [2.24, 2.45) is 0 Å². The smallest absolute Gasteiger partial charge is 0.310 e. The molecular weight excluding hydrogens is 374 g/mol. The van der Waals surface area contributed by atoms with Crippen LogP contribution in [0, 0.1) is 13.8 Å². The Morgan fingerprint density at radius 3 is 2.76 bits per heavy atom. The number of aromatic nitrogens is 1. The number of phenols is 1. The summed E-state index contributed by atoms with van der Waals surface area (Å²) in [5.74, 6) is -0.652. The van der Waals surface area contributed by atoms with Gasteiger partial charge in [-0.3, -0.25) is 9.59 Å². The topological polar surface area (TPSA) is 90.9 Å². The number of methoxy groups -OCH3 is 1. The van der Waals surface area contributed by atoms with Crippen molar-refractivity contribution < 1.29 is 28.6 Å². The van der Waals surface area contributed by atoms with Gasteiger partial charge in [-0.25, -0.2) is 0 Å². The van der Waals surface area contributed by atoms with Crippen LogP contribution in [0.5, 0.6) is 5.75 Å². The number of carbonyl (C=O) groups excluding carboxylic acids is 2. The standard InChI is InChI=1S/C22H25NO6/c1-14-9-19(15(2)23(14)7-4-8-27-3)20(25)13-29-22(26)10-16-12-28-21-11-17(24)5-6-18(16)21/h5-6,9,11-12,24H,4,7-8,10,13H2,1-3H3. The Hall–Kier alpha value is -3.06. The zero-order valence-corrected chi connectivity index (χ0v) is 16.9. The van der Waals surface area contributed by atoms with E-state index in [2.05, 4.69) is 4.57 Å². The molecular formula is C22H25NO6. The van der Waals surface area contributed by atoms with Crippen molar-refractivity contribution in [2.45, 2.75) is 33.2 Å². The van der Waals surface area contributed by atoms with Crippen molar-refractivity contribution in [1.29, 1.82) is 0 Å². The first kappa shape index (κ1) is 20.7. The van der Waals surface area contributed by atoms with Gasteiger partial charge < -0.3 is 23.6 Å². The molecule has 2 heterocycles. The predicted molar refractivity (Wildman–Crippen MR) is 107 cm³/mol. The quantitative estimate of drug-likeness (QED) is 0.336. The Labute approximate surface area is 168 Å². The van der Waals surface area contributed by atoms with Crippen LogP contribution in [-0.4, -0.2) is 41.7 Å². The summed E-state index contributed by atoms with van der Waals surface area (Å²) in [5, 5.41) is 10.2. The molecule has 0 saturated carbocycles. The summed E-state index contributed by atoms with van der Waals surface area (Å²) in [5.41, 5.74) is 3.55.